The molecule has 2 heterocycles. The van der Waals surface area contributed by atoms with E-state index in [-0.39, 0.29) is 49.0 Å². The topological polar surface area (TPSA) is 110 Å². The van der Waals surface area contributed by atoms with Crippen LogP contribution in [0.15, 0.2) is 18.2 Å². The molecule has 0 saturated carbocycles. The van der Waals surface area contributed by atoms with Crippen LogP contribution in [0, 0.1) is 11.7 Å². The van der Waals surface area contributed by atoms with Crippen LogP contribution in [0.25, 0.3) is 0 Å². The zero-order valence-electron chi connectivity index (χ0n) is 17.1. The Morgan fingerprint density at radius 1 is 1.20 bits per heavy atom. The fraction of sp³-hybridized carbons (Fsp3) is 0.524. The van der Waals surface area contributed by atoms with Gasteiger partial charge in [0.15, 0.2) is 5.78 Å². The predicted octanol–water partition coefficient (Wildman–Crippen LogP) is 2.18. The molecule has 8 nitrogen and oxygen atoms in total. The average Bonchev–Trinajstić information content (AvgIpc) is 3.03. The van der Waals surface area contributed by atoms with E-state index >= 15 is 0 Å². The highest BCUT2D eigenvalue weighted by Gasteiger charge is 2.42. The normalized spacial score (nSPS) is 23.2. The Morgan fingerprint density at radius 2 is 1.93 bits per heavy atom. The summed E-state index contributed by atoms with van der Waals surface area (Å²) in [6, 6.07) is 3.94. The molecule has 3 unspecified atom stereocenters. The number of primary amides is 1. The molecular weight excluding hydrogens is 393 g/mol. The molecule has 1 aromatic rings. The Bertz CT molecular complexity index is 874. The molecule has 3 atom stereocenters. The van der Waals surface area contributed by atoms with Gasteiger partial charge < -0.3 is 20.2 Å². The number of Topliss-reactive ketones (excluding diaryl/α,β-unsaturated/α-hetero) is 2. The lowest BCUT2D eigenvalue weighted by Crippen LogP contribution is -2.59. The second-order valence-corrected chi connectivity index (χ2v) is 8.00. The van der Waals surface area contributed by atoms with Gasteiger partial charge in [0, 0.05) is 31.7 Å². The average molecular weight is 419 g/mol. The summed E-state index contributed by atoms with van der Waals surface area (Å²) in [5.74, 6) is -1.08. The molecule has 0 bridgehead atoms. The molecule has 1 aromatic carbocycles. The Hall–Kier alpha value is -2.97. The zero-order chi connectivity index (χ0) is 22.0. The summed E-state index contributed by atoms with van der Waals surface area (Å²) >= 11 is 0. The van der Waals surface area contributed by atoms with Crippen molar-refractivity contribution in [3.63, 3.8) is 0 Å². The van der Waals surface area contributed by atoms with Gasteiger partial charge in [-0.25, -0.2) is 9.18 Å². The summed E-state index contributed by atoms with van der Waals surface area (Å²) < 4.78 is 20.1. The van der Waals surface area contributed by atoms with Crippen molar-refractivity contribution in [3.8, 4) is 0 Å². The third-order valence-electron chi connectivity index (χ3n) is 5.55. The number of ketones is 2. The number of anilines is 2. The molecule has 30 heavy (non-hydrogen) atoms. The maximum Gasteiger partial charge on any atom is 0.414 e. The number of rotatable bonds is 9. The number of hydrogen-bond acceptors (Lipinski definition) is 6. The molecular formula is C21H26FN3O5. The number of carbonyl (C=O) groups is 4. The Morgan fingerprint density at radius 3 is 2.53 bits per heavy atom. The van der Waals surface area contributed by atoms with E-state index in [9.17, 15) is 23.6 Å². The number of benzene rings is 1. The third-order valence-corrected chi connectivity index (χ3v) is 5.55. The molecule has 0 spiro atoms. The molecule has 3 rings (SSSR count). The molecule has 162 valence electrons. The molecule has 2 aliphatic heterocycles. The van der Waals surface area contributed by atoms with Crippen molar-refractivity contribution in [2.45, 2.75) is 51.7 Å². The van der Waals surface area contributed by atoms with Crippen LogP contribution < -0.4 is 15.5 Å². The number of nitrogens with two attached hydrogens (primary N) is 1. The Labute approximate surface area is 174 Å². The number of carbonyl (C=O) groups excluding carboxylic acids is 4. The smallest absolute Gasteiger partial charge is 0.414 e. The first kappa shape index (κ1) is 21.7. The molecule has 2 amide bonds. The van der Waals surface area contributed by atoms with Crippen LogP contribution in [0.4, 0.5) is 20.6 Å². The maximum atomic E-state index is 14.9. The summed E-state index contributed by atoms with van der Waals surface area (Å²) in [6.45, 7) is 4.10. The van der Waals surface area contributed by atoms with Crippen molar-refractivity contribution >= 4 is 34.9 Å². The van der Waals surface area contributed by atoms with Crippen molar-refractivity contribution in [2.24, 2.45) is 11.7 Å². The van der Waals surface area contributed by atoms with Crippen LogP contribution in [0.3, 0.4) is 0 Å². The highest BCUT2D eigenvalue weighted by atomic mass is 19.1. The summed E-state index contributed by atoms with van der Waals surface area (Å²) in [6.07, 6.45) is -0.337. The second kappa shape index (κ2) is 8.81. The lowest BCUT2D eigenvalue weighted by molar-refractivity contribution is -0.125. The monoisotopic (exact) mass is 419 g/mol. The summed E-state index contributed by atoms with van der Waals surface area (Å²) in [5.41, 5.74) is 5.75. The van der Waals surface area contributed by atoms with Gasteiger partial charge in [0.1, 0.15) is 17.7 Å². The van der Waals surface area contributed by atoms with Gasteiger partial charge in [0.2, 0.25) is 5.91 Å². The van der Waals surface area contributed by atoms with Crippen LogP contribution >= 0.6 is 0 Å². The standard InChI is InChI=1S/C21H26FN3O5/c1-12-10-25(20(12)18(27)7-3-13(2)26)17-6-4-14(9-16(17)22)24-11-15(30-21(24)29)5-8-19(23)28/h4,6,9,12,15,20H,3,5,7-8,10-11H2,1-2H3,(H2,23,28). The van der Waals surface area contributed by atoms with Crippen molar-refractivity contribution in [1.82, 2.24) is 0 Å². The zero-order valence-corrected chi connectivity index (χ0v) is 17.1. The van der Waals surface area contributed by atoms with Gasteiger partial charge in [-0.2, -0.15) is 0 Å². The second-order valence-electron chi connectivity index (χ2n) is 8.00. The predicted molar refractivity (Wildman–Crippen MR) is 108 cm³/mol. The van der Waals surface area contributed by atoms with Gasteiger partial charge in [-0.3, -0.25) is 14.5 Å². The fourth-order valence-corrected chi connectivity index (χ4v) is 3.96. The van der Waals surface area contributed by atoms with E-state index in [0.717, 1.165) is 0 Å². The Kier molecular flexibility index (Phi) is 6.38. The van der Waals surface area contributed by atoms with Crippen LogP contribution in [-0.4, -0.2) is 48.8 Å². The van der Waals surface area contributed by atoms with Crippen LogP contribution in [0.5, 0.6) is 0 Å². The van der Waals surface area contributed by atoms with Crippen molar-refractivity contribution in [2.75, 3.05) is 22.9 Å². The maximum absolute atomic E-state index is 14.9. The van der Waals surface area contributed by atoms with Gasteiger partial charge in [0.05, 0.1) is 24.0 Å². The number of ether oxygens (including phenoxy) is 1. The minimum atomic E-state index is -0.605. The first-order valence-electron chi connectivity index (χ1n) is 10.0. The molecule has 0 aliphatic carbocycles. The van der Waals surface area contributed by atoms with E-state index < -0.39 is 30.0 Å². The summed E-state index contributed by atoms with van der Waals surface area (Å²) in [5, 5.41) is 0. The minimum absolute atomic E-state index is 0.0518. The Balaban J connectivity index is 1.69. The van der Waals surface area contributed by atoms with Crippen molar-refractivity contribution in [3.05, 3.63) is 24.0 Å². The van der Waals surface area contributed by atoms with E-state index in [1.807, 2.05) is 6.92 Å². The summed E-state index contributed by atoms with van der Waals surface area (Å²) in [7, 11) is 0. The van der Waals surface area contributed by atoms with Gasteiger partial charge in [0.25, 0.3) is 0 Å². The molecule has 0 radical (unpaired) electrons. The van der Waals surface area contributed by atoms with Crippen molar-refractivity contribution < 1.29 is 28.3 Å². The fourth-order valence-electron chi connectivity index (χ4n) is 3.96. The highest BCUT2D eigenvalue weighted by molar-refractivity contribution is 5.93. The van der Waals surface area contributed by atoms with E-state index in [0.29, 0.717) is 18.7 Å². The quantitative estimate of drug-likeness (QED) is 0.657. The van der Waals surface area contributed by atoms with Crippen molar-refractivity contribution in [1.29, 1.82) is 0 Å². The SMILES string of the molecule is CC(=O)CCC(=O)C1C(C)CN1c1ccc(N2CC(CCC(N)=O)OC2=O)cc1F. The summed E-state index contributed by atoms with van der Waals surface area (Å²) in [4.78, 5) is 49.7. The number of hydrogen-bond donors (Lipinski definition) is 1. The number of nitrogens with zero attached hydrogens (tertiary/aromatic N) is 2. The molecule has 9 heteroatoms. The number of halogens is 1. The van der Waals surface area contributed by atoms with Gasteiger partial charge in [-0.05, 0) is 31.5 Å². The molecule has 0 aromatic heterocycles. The van der Waals surface area contributed by atoms with E-state index in [1.165, 1.54) is 17.9 Å². The van der Waals surface area contributed by atoms with Gasteiger partial charge in [-0.15, -0.1) is 0 Å². The third kappa shape index (κ3) is 4.60. The van der Waals surface area contributed by atoms with E-state index in [1.54, 1.807) is 17.0 Å². The van der Waals surface area contributed by atoms with Gasteiger partial charge >= 0.3 is 6.09 Å². The first-order valence-corrected chi connectivity index (χ1v) is 10.0. The lowest BCUT2D eigenvalue weighted by Gasteiger charge is -2.47. The molecule has 2 saturated heterocycles. The molecule has 2 N–H and O–H groups in total. The molecule has 2 fully saturated rings. The molecule has 2 aliphatic rings. The highest BCUT2D eigenvalue weighted by Crippen LogP contribution is 2.36. The minimum Gasteiger partial charge on any atom is -0.444 e. The lowest BCUT2D eigenvalue weighted by atomic mass is 9.84. The number of cyclic esters (lactones) is 1. The van der Waals surface area contributed by atoms with Gasteiger partial charge in [-0.1, -0.05) is 6.92 Å². The van der Waals surface area contributed by atoms with Crippen LogP contribution in [-0.2, 0) is 19.1 Å². The first-order chi connectivity index (χ1) is 14.2. The van der Waals surface area contributed by atoms with E-state index in [2.05, 4.69) is 0 Å². The van der Waals surface area contributed by atoms with E-state index in [4.69, 9.17) is 10.5 Å². The van der Waals surface area contributed by atoms with Crippen LogP contribution in [0.1, 0.15) is 39.5 Å². The van der Waals surface area contributed by atoms with Crippen LogP contribution in [0.2, 0.25) is 0 Å². The number of amides is 2. The largest absolute Gasteiger partial charge is 0.444 e.